The van der Waals surface area contributed by atoms with E-state index in [9.17, 15) is 23.7 Å². The number of fused-ring (bicyclic) bond motifs is 1. The molecule has 0 aliphatic rings. The summed E-state index contributed by atoms with van der Waals surface area (Å²) in [4.78, 5) is 12.2. The van der Waals surface area contributed by atoms with Crippen molar-refractivity contribution < 1.29 is 13.2 Å². The first kappa shape index (κ1) is 22.0. The van der Waals surface area contributed by atoms with Gasteiger partial charge in [0.25, 0.3) is 5.91 Å². The fraction of sp³-hybridized carbons (Fsp3) is 0.0435. The molecular weight excluding hydrogens is 462 g/mol. The number of rotatable bonds is 4. The van der Waals surface area contributed by atoms with Gasteiger partial charge in [-0.15, -0.1) is 0 Å². The Bertz CT molecular complexity index is 1630. The zero-order chi connectivity index (χ0) is 23.8. The lowest BCUT2D eigenvalue weighted by Crippen LogP contribution is -2.29. The Hall–Kier alpha value is -4.18. The highest BCUT2D eigenvalue weighted by atomic mass is 35.5. The monoisotopic (exact) mass is 475 g/mol. The molecule has 0 spiro atoms. The number of carbonyl (C=O) groups is 1. The molecule has 0 aliphatic carbocycles. The molecule has 1 heterocycles. The van der Waals surface area contributed by atoms with E-state index < -0.39 is 15.9 Å². The molecule has 0 bridgehead atoms. The highest BCUT2D eigenvalue weighted by Crippen LogP contribution is 2.33. The van der Waals surface area contributed by atoms with Crippen LogP contribution in [0.25, 0.3) is 27.8 Å². The molecule has 0 radical (unpaired) electrons. The summed E-state index contributed by atoms with van der Waals surface area (Å²) in [5, 5.41) is 24.9. The number of nitriles is 2. The number of carbonyl (C=O) groups excluding carboxylic acids is 1. The number of aromatic nitrogens is 2. The van der Waals surface area contributed by atoms with Gasteiger partial charge >= 0.3 is 0 Å². The Morgan fingerprint density at radius 3 is 2.55 bits per heavy atom. The summed E-state index contributed by atoms with van der Waals surface area (Å²) < 4.78 is 26.2. The molecule has 0 atom stereocenters. The lowest BCUT2D eigenvalue weighted by molar-refractivity contribution is 0.0981. The second kappa shape index (κ2) is 8.40. The first-order valence-corrected chi connectivity index (χ1v) is 11.7. The molecule has 3 aromatic carbocycles. The summed E-state index contributed by atoms with van der Waals surface area (Å²) >= 11 is 6.22. The fourth-order valence-corrected chi connectivity index (χ4v) is 4.03. The van der Waals surface area contributed by atoms with Crippen molar-refractivity contribution in [3.8, 4) is 29.1 Å². The molecule has 4 aromatic rings. The molecule has 1 N–H and O–H groups in total. The number of sulfonamides is 1. The molecule has 8 nitrogen and oxygen atoms in total. The molecular formula is C23H14ClN5O3S. The predicted octanol–water partition coefficient (Wildman–Crippen LogP) is 3.78. The van der Waals surface area contributed by atoms with Gasteiger partial charge in [-0.1, -0.05) is 23.7 Å². The Kier molecular flexibility index (Phi) is 5.60. The van der Waals surface area contributed by atoms with Crippen molar-refractivity contribution >= 4 is 38.4 Å². The maximum Gasteiger partial charge on any atom is 0.264 e. The zero-order valence-electron chi connectivity index (χ0n) is 17.1. The van der Waals surface area contributed by atoms with Crippen molar-refractivity contribution in [2.45, 2.75) is 0 Å². The molecule has 0 saturated heterocycles. The number of nitrogens with one attached hydrogen (secondary N) is 1. The van der Waals surface area contributed by atoms with Crippen LogP contribution in [0.1, 0.15) is 21.5 Å². The number of hydrogen-bond acceptors (Lipinski definition) is 6. The lowest BCUT2D eigenvalue weighted by Gasteiger charge is -2.08. The highest BCUT2D eigenvalue weighted by molar-refractivity contribution is 7.89. The van der Waals surface area contributed by atoms with Crippen molar-refractivity contribution in [2.75, 3.05) is 6.26 Å². The van der Waals surface area contributed by atoms with Crippen LogP contribution >= 0.6 is 11.6 Å². The van der Waals surface area contributed by atoms with E-state index in [1.165, 1.54) is 18.2 Å². The molecule has 0 fully saturated rings. The second-order valence-electron chi connectivity index (χ2n) is 7.16. The average molecular weight is 476 g/mol. The van der Waals surface area contributed by atoms with Crippen LogP contribution in [0.15, 0.2) is 60.7 Å². The first-order valence-electron chi connectivity index (χ1n) is 9.45. The number of hydrogen-bond donors (Lipinski definition) is 1. The molecule has 162 valence electrons. The SMILES string of the molecule is CS(=O)(=O)NC(=O)c1ccc(-n2nc(-c3cccc(C#N)c3)c3cc(Cl)ccc32)c(C#N)c1. The maximum atomic E-state index is 12.2. The van der Waals surface area contributed by atoms with Gasteiger partial charge in [-0.05, 0) is 48.5 Å². The quantitative estimate of drug-likeness (QED) is 0.478. The lowest BCUT2D eigenvalue weighted by atomic mass is 10.1. The second-order valence-corrected chi connectivity index (χ2v) is 9.35. The molecule has 33 heavy (non-hydrogen) atoms. The van der Waals surface area contributed by atoms with Gasteiger partial charge in [-0.3, -0.25) is 4.79 Å². The number of benzene rings is 3. The van der Waals surface area contributed by atoms with Gasteiger partial charge in [0, 0.05) is 21.5 Å². The van der Waals surface area contributed by atoms with Gasteiger partial charge in [0.05, 0.1) is 34.7 Å². The molecule has 0 aliphatic heterocycles. The molecule has 0 unspecified atom stereocenters. The molecule has 4 rings (SSSR count). The summed E-state index contributed by atoms with van der Waals surface area (Å²) in [6, 6.07) is 20.5. The van der Waals surface area contributed by atoms with Crippen molar-refractivity contribution in [3.63, 3.8) is 0 Å². The Balaban J connectivity index is 1.91. The van der Waals surface area contributed by atoms with Crippen LogP contribution in [0.3, 0.4) is 0 Å². The summed E-state index contributed by atoms with van der Waals surface area (Å²) in [5.41, 5.74) is 2.91. The van der Waals surface area contributed by atoms with Crippen LogP contribution < -0.4 is 4.72 Å². The van der Waals surface area contributed by atoms with Crippen molar-refractivity contribution in [1.82, 2.24) is 14.5 Å². The summed E-state index contributed by atoms with van der Waals surface area (Å²) in [6.45, 7) is 0. The van der Waals surface area contributed by atoms with E-state index >= 15 is 0 Å². The van der Waals surface area contributed by atoms with Gasteiger partial charge in [0.2, 0.25) is 10.0 Å². The normalized spacial score (nSPS) is 11.0. The topological polar surface area (TPSA) is 129 Å². The molecule has 10 heteroatoms. The summed E-state index contributed by atoms with van der Waals surface area (Å²) in [5.74, 6) is -0.841. The minimum absolute atomic E-state index is 0.0159. The van der Waals surface area contributed by atoms with Crippen LogP contribution in [0.4, 0.5) is 0 Å². The van der Waals surface area contributed by atoms with Gasteiger partial charge in [-0.2, -0.15) is 15.6 Å². The smallest absolute Gasteiger partial charge is 0.264 e. The van der Waals surface area contributed by atoms with Crippen LogP contribution in [0.2, 0.25) is 5.02 Å². The minimum Gasteiger partial charge on any atom is -0.268 e. The summed E-state index contributed by atoms with van der Waals surface area (Å²) in [6.07, 6.45) is 0.869. The minimum atomic E-state index is -3.75. The molecule has 1 amide bonds. The first-order chi connectivity index (χ1) is 15.7. The zero-order valence-corrected chi connectivity index (χ0v) is 18.6. The van der Waals surface area contributed by atoms with Crippen molar-refractivity contribution in [1.29, 1.82) is 10.5 Å². The Labute approximate surface area is 194 Å². The van der Waals surface area contributed by atoms with E-state index in [-0.39, 0.29) is 11.1 Å². The molecule has 1 aromatic heterocycles. The van der Waals surface area contributed by atoms with E-state index in [1.807, 2.05) is 16.9 Å². The van der Waals surface area contributed by atoms with Gasteiger partial charge in [0.1, 0.15) is 11.8 Å². The van der Waals surface area contributed by atoms with E-state index in [2.05, 4.69) is 11.2 Å². The van der Waals surface area contributed by atoms with Gasteiger partial charge in [0.15, 0.2) is 0 Å². The van der Waals surface area contributed by atoms with Crippen molar-refractivity contribution in [3.05, 3.63) is 82.4 Å². The third kappa shape index (κ3) is 4.41. The largest absolute Gasteiger partial charge is 0.268 e. The van der Waals surface area contributed by atoms with Gasteiger partial charge < -0.3 is 0 Å². The molecule has 0 saturated carbocycles. The van der Waals surface area contributed by atoms with Crippen LogP contribution in [0.5, 0.6) is 0 Å². The third-order valence-electron chi connectivity index (χ3n) is 4.79. The van der Waals surface area contributed by atoms with Crippen LogP contribution in [-0.2, 0) is 10.0 Å². The van der Waals surface area contributed by atoms with Crippen LogP contribution in [-0.4, -0.2) is 30.4 Å². The number of amides is 1. The highest BCUT2D eigenvalue weighted by Gasteiger charge is 2.19. The Morgan fingerprint density at radius 2 is 1.85 bits per heavy atom. The third-order valence-corrected chi connectivity index (χ3v) is 5.58. The average Bonchev–Trinajstić information content (AvgIpc) is 3.16. The van der Waals surface area contributed by atoms with E-state index in [1.54, 1.807) is 41.1 Å². The number of nitrogens with zero attached hydrogens (tertiary/aromatic N) is 4. The maximum absolute atomic E-state index is 12.2. The van der Waals surface area contributed by atoms with E-state index in [4.69, 9.17) is 11.6 Å². The van der Waals surface area contributed by atoms with Crippen molar-refractivity contribution in [2.24, 2.45) is 0 Å². The number of halogens is 1. The standard InChI is InChI=1S/C23H14ClN5O3S/c1-33(31,32)28-23(30)16-5-7-20(17(10-16)13-26)29-21-8-6-18(24)11-19(21)22(27-29)15-4-2-3-14(9-15)12-25/h2-11H,1H3,(H,28,30). The summed E-state index contributed by atoms with van der Waals surface area (Å²) in [7, 11) is -3.75. The Morgan fingerprint density at radius 1 is 1.06 bits per heavy atom. The van der Waals surface area contributed by atoms with E-state index in [0.29, 0.717) is 38.4 Å². The fourth-order valence-electron chi connectivity index (χ4n) is 3.40. The predicted molar refractivity (Wildman–Crippen MR) is 123 cm³/mol. The van der Waals surface area contributed by atoms with Gasteiger partial charge in [-0.25, -0.2) is 17.8 Å². The van der Waals surface area contributed by atoms with Crippen LogP contribution in [0, 0.1) is 22.7 Å². The van der Waals surface area contributed by atoms with E-state index in [0.717, 1.165) is 6.26 Å².